The van der Waals surface area contributed by atoms with Gasteiger partial charge in [-0.15, -0.1) is 0 Å². The van der Waals surface area contributed by atoms with E-state index in [1.165, 1.54) is 0 Å². The van der Waals surface area contributed by atoms with Crippen LogP contribution in [0.15, 0.2) is 10.6 Å². The van der Waals surface area contributed by atoms with E-state index >= 15 is 0 Å². The second-order valence-corrected chi connectivity index (χ2v) is 3.75. The van der Waals surface area contributed by atoms with Crippen LogP contribution in [-0.2, 0) is 4.79 Å². The molecule has 92 valence electrons. The quantitative estimate of drug-likeness (QED) is 0.749. The minimum absolute atomic E-state index is 0.182. The van der Waals surface area contributed by atoms with Gasteiger partial charge in [-0.05, 0) is 19.9 Å². The van der Waals surface area contributed by atoms with Gasteiger partial charge in [0.25, 0.3) is 0 Å². The minimum atomic E-state index is -0.204. The summed E-state index contributed by atoms with van der Waals surface area (Å²) in [7, 11) is 0. The van der Waals surface area contributed by atoms with Gasteiger partial charge >= 0.3 is 0 Å². The third-order valence-electron chi connectivity index (χ3n) is 2.09. The van der Waals surface area contributed by atoms with Crippen molar-refractivity contribution in [2.45, 2.75) is 20.3 Å². The molecule has 0 aliphatic carbocycles. The molecule has 6 heteroatoms. The second-order valence-electron chi connectivity index (χ2n) is 3.75. The maximum atomic E-state index is 11.6. The SMILES string of the molecule is CCCN(CC#N)CC(=O)Nc1cc(C)no1. The number of nitrogens with zero attached hydrogens (tertiary/aromatic N) is 3. The van der Waals surface area contributed by atoms with Crippen LogP contribution >= 0.6 is 0 Å². The van der Waals surface area contributed by atoms with Crippen LogP contribution in [-0.4, -0.2) is 35.6 Å². The van der Waals surface area contributed by atoms with Gasteiger partial charge in [-0.3, -0.25) is 15.0 Å². The highest BCUT2D eigenvalue weighted by atomic mass is 16.5. The van der Waals surface area contributed by atoms with E-state index in [-0.39, 0.29) is 19.0 Å². The van der Waals surface area contributed by atoms with E-state index in [2.05, 4.69) is 10.5 Å². The zero-order valence-corrected chi connectivity index (χ0v) is 10.1. The first-order valence-corrected chi connectivity index (χ1v) is 5.48. The van der Waals surface area contributed by atoms with E-state index in [9.17, 15) is 4.79 Å². The summed E-state index contributed by atoms with van der Waals surface area (Å²) in [6, 6.07) is 3.68. The van der Waals surface area contributed by atoms with Crippen LogP contribution in [0.25, 0.3) is 0 Å². The minimum Gasteiger partial charge on any atom is -0.338 e. The van der Waals surface area contributed by atoms with Gasteiger partial charge in [0.15, 0.2) is 0 Å². The summed E-state index contributed by atoms with van der Waals surface area (Å²) >= 11 is 0. The second kappa shape index (κ2) is 6.66. The van der Waals surface area contributed by atoms with E-state index in [1.807, 2.05) is 13.0 Å². The molecule has 0 atom stereocenters. The van der Waals surface area contributed by atoms with E-state index in [0.29, 0.717) is 11.6 Å². The lowest BCUT2D eigenvalue weighted by molar-refractivity contribution is -0.117. The van der Waals surface area contributed by atoms with Crippen molar-refractivity contribution in [3.05, 3.63) is 11.8 Å². The molecular formula is C11H16N4O2. The zero-order valence-electron chi connectivity index (χ0n) is 10.1. The van der Waals surface area contributed by atoms with Gasteiger partial charge in [-0.1, -0.05) is 12.1 Å². The van der Waals surface area contributed by atoms with Crippen molar-refractivity contribution >= 4 is 11.8 Å². The molecule has 0 bridgehead atoms. The standard InChI is InChI=1S/C11H16N4O2/c1-3-5-15(6-4-12)8-10(16)13-11-7-9(2)14-17-11/h7H,3,5-6,8H2,1-2H3,(H,13,16). The van der Waals surface area contributed by atoms with Crippen molar-refractivity contribution in [2.75, 3.05) is 25.0 Å². The summed E-state index contributed by atoms with van der Waals surface area (Å²) < 4.78 is 4.87. The molecule has 1 aromatic heterocycles. The van der Waals surface area contributed by atoms with Gasteiger partial charge < -0.3 is 4.52 Å². The van der Waals surface area contributed by atoms with Crippen molar-refractivity contribution < 1.29 is 9.32 Å². The first kappa shape index (κ1) is 13.2. The highest BCUT2D eigenvalue weighted by Crippen LogP contribution is 2.08. The Hall–Kier alpha value is -1.87. The number of hydrogen-bond acceptors (Lipinski definition) is 5. The maximum absolute atomic E-state index is 11.6. The molecule has 0 fully saturated rings. The van der Waals surface area contributed by atoms with E-state index in [0.717, 1.165) is 13.0 Å². The Morgan fingerprint density at radius 1 is 1.71 bits per heavy atom. The monoisotopic (exact) mass is 236 g/mol. The van der Waals surface area contributed by atoms with Crippen LogP contribution in [0.1, 0.15) is 19.0 Å². The number of nitriles is 1. The Kier molecular flexibility index (Phi) is 5.17. The molecule has 1 heterocycles. The molecule has 0 aromatic carbocycles. The highest BCUT2D eigenvalue weighted by Gasteiger charge is 2.11. The molecule has 17 heavy (non-hydrogen) atoms. The first-order chi connectivity index (χ1) is 8.15. The highest BCUT2D eigenvalue weighted by molar-refractivity contribution is 5.90. The third kappa shape index (κ3) is 4.66. The number of amides is 1. The van der Waals surface area contributed by atoms with Crippen LogP contribution in [0.2, 0.25) is 0 Å². The number of aromatic nitrogens is 1. The molecule has 0 aliphatic rings. The smallest absolute Gasteiger partial charge is 0.240 e. The Morgan fingerprint density at radius 2 is 2.47 bits per heavy atom. The average Bonchev–Trinajstić information content (AvgIpc) is 2.64. The molecule has 0 saturated carbocycles. The number of carbonyl (C=O) groups is 1. The molecule has 0 saturated heterocycles. The molecule has 0 aliphatic heterocycles. The zero-order chi connectivity index (χ0) is 12.7. The average molecular weight is 236 g/mol. The van der Waals surface area contributed by atoms with Crippen LogP contribution in [0.4, 0.5) is 5.88 Å². The summed E-state index contributed by atoms with van der Waals surface area (Å²) in [5.41, 5.74) is 0.711. The summed E-state index contributed by atoms with van der Waals surface area (Å²) in [6.45, 7) is 4.93. The lowest BCUT2D eigenvalue weighted by Gasteiger charge is -2.16. The van der Waals surface area contributed by atoms with Gasteiger partial charge in [0.1, 0.15) is 0 Å². The Bertz CT molecular complexity index is 408. The van der Waals surface area contributed by atoms with Crippen LogP contribution < -0.4 is 5.32 Å². The van der Waals surface area contributed by atoms with Crippen molar-refractivity contribution in [1.82, 2.24) is 10.1 Å². The third-order valence-corrected chi connectivity index (χ3v) is 2.09. The number of aryl methyl sites for hydroxylation is 1. The van der Waals surface area contributed by atoms with E-state index < -0.39 is 0 Å². The lowest BCUT2D eigenvalue weighted by Crippen LogP contribution is -2.34. The lowest BCUT2D eigenvalue weighted by atomic mass is 10.4. The van der Waals surface area contributed by atoms with Gasteiger partial charge in [-0.25, -0.2) is 0 Å². The molecule has 0 radical (unpaired) electrons. The van der Waals surface area contributed by atoms with Gasteiger partial charge in [-0.2, -0.15) is 5.26 Å². The fourth-order valence-electron chi connectivity index (χ4n) is 1.43. The van der Waals surface area contributed by atoms with Gasteiger partial charge in [0.2, 0.25) is 11.8 Å². The molecule has 1 N–H and O–H groups in total. The Balaban J connectivity index is 2.44. The van der Waals surface area contributed by atoms with Crippen molar-refractivity contribution in [3.63, 3.8) is 0 Å². The van der Waals surface area contributed by atoms with E-state index in [1.54, 1.807) is 17.9 Å². The predicted octanol–water partition coefficient (Wildman–Crippen LogP) is 1.16. The van der Waals surface area contributed by atoms with E-state index in [4.69, 9.17) is 9.78 Å². The molecule has 0 unspecified atom stereocenters. The number of rotatable bonds is 6. The number of hydrogen-bond donors (Lipinski definition) is 1. The summed E-state index contributed by atoms with van der Waals surface area (Å²) in [4.78, 5) is 13.4. The molecule has 0 spiro atoms. The van der Waals surface area contributed by atoms with Crippen molar-refractivity contribution in [2.24, 2.45) is 0 Å². The molecule has 6 nitrogen and oxygen atoms in total. The summed E-state index contributed by atoms with van der Waals surface area (Å²) in [5.74, 6) is 0.130. The topological polar surface area (TPSA) is 82.2 Å². The molecule has 1 aromatic rings. The fraction of sp³-hybridized carbons (Fsp3) is 0.545. The van der Waals surface area contributed by atoms with Crippen LogP contribution in [0.3, 0.4) is 0 Å². The van der Waals surface area contributed by atoms with Gasteiger partial charge in [0.05, 0.1) is 24.9 Å². The number of anilines is 1. The largest absolute Gasteiger partial charge is 0.338 e. The molecule has 1 rings (SSSR count). The van der Waals surface area contributed by atoms with Crippen LogP contribution in [0, 0.1) is 18.3 Å². The first-order valence-electron chi connectivity index (χ1n) is 5.48. The predicted molar refractivity (Wildman–Crippen MR) is 62.2 cm³/mol. The Labute approximate surface area is 100 Å². The maximum Gasteiger partial charge on any atom is 0.240 e. The van der Waals surface area contributed by atoms with Crippen molar-refractivity contribution in [1.29, 1.82) is 5.26 Å². The molecule has 1 amide bonds. The van der Waals surface area contributed by atoms with Crippen molar-refractivity contribution in [3.8, 4) is 6.07 Å². The fourth-order valence-corrected chi connectivity index (χ4v) is 1.43. The van der Waals surface area contributed by atoms with Crippen LogP contribution in [0.5, 0.6) is 0 Å². The number of nitrogens with one attached hydrogen (secondary N) is 1. The Morgan fingerprint density at radius 3 is 3.00 bits per heavy atom. The normalized spacial score (nSPS) is 10.2. The van der Waals surface area contributed by atoms with Gasteiger partial charge in [0, 0.05) is 6.07 Å². The number of carbonyl (C=O) groups excluding carboxylic acids is 1. The molecular weight excluding hydrogens is 220 g/mol. The summed E-state index contributed by atoms with van der Waals surface area (Å²) in [5, 5.41) is 14.9. The summed E-state index contributed by atoms with van der Waals surface area (Å²) in [6.07, 6.45) is 0.899.